The molecule has 4 rings (SSSR count). The summed E-state index contributed by atoms with van der Waals surface area (Å²) >= 11 is 1.74. The number of likely N-dealkylation sites (tertiary alicyclic amines) is 1. The topological polar surface area (TPSA) is 42.2 Å². The molecule has 1 fully saturated rings. The van der Waals surface area contributed by atoms with Gasteiger partial charge in [0.25, 0.3) is 0 Å². The minimum absolute atomic E-state index is 0.519. The Morgan fingerprint density at radius 3 is 2.75 bits per heavy atom. The molecule has 5 heteroatoms. The van der Waals surface area contributed by atoms with Crippen LogP contribution in [0.1, 0.15) is 24.0 Å². The second-order valence-corrected chi connectivity index (χ2v) is 7.53. The predicted octanol–water partition coefficient (Wildman–Crippen LogP) is 2.66. The Morgan fingerprint density at radius 1 is 1.17 bits per heavy atom. The van der Waals surface area contributed by atoms with E-state index in [0.717, 1.165) is 17.9 Å². The number of anilines is 1. The van der Waals surface area contributed by atoms with E-state index < -0.39 is 0 Å². The number of thiophene rings is 1. The molecule has 2 aromatic heterocycles. The lowest BCUT2D eigenvalue weighted by Crippen LogP contribution is -3.12. The fourth-order valence-corrected chi connectivity index (χ4v) is 4.45. The summed E-state index contributed by atoms with van der Waals surface area (Å²) in [5.41, 5.74) is 3.76. The number of aryl methyl sites for hydroxylation is 1. The van der Waals surface area contributed by atoms with Crippen LogP contribution in [0.5, 0.6) is 0 Å². The van der Waals surface area contributed by atoms with Gasteiger partial charge in [-0.1, -0.05) is 30.3 Å². The van der Waals surface area contributed by atoms with E-state index in [9.17, 15) is 0 Å². The molecule has 0 atom stereocenters. The Balaban J connectivity index is 1.37. The van der Waals surface area contributed by atoms with Crippen LogP contribution in [0.3, 0.4) is 0 Å². The minimum atomic E-state index is 0.519. The van der Waals surface area contributed by atoms with Crippen LogP contribution in [0.4, 0.5) is 5.82 Å². The van der Waals surface area contributed by atoms with Crippen molar-refractivity contribution in [1.82, 2.24) is 9.97 Å². The van der Waals surface area contributed by atoms with Crippen molar-refractivity contribution in [3.8, 4) is 0 Å². The third kappa shape index (κ3) is 3.28. The summed E-state index contributed by atoms with van der Waals surface area (Å²) in [6.45, 7) is 5.67. The van der Waals surface area contributed by atoms with E-state index in [4.69, 9.17) is 0 Å². The summed E-state index contributed by atoms with van der Waals surface area (Å²) in [6.07, 6.45) is 4.07. The SMILES string of the molecule is Cc1csc2c(NC3CC[NH+](Cc4ccccc4)CC3)ncnc12. The lowest BCUT2D eigenvalue weighted by Gasteiger charge is -2.30. The number of nitrogens with zero attached hydrogens (tertiary/aromatic N) is 2. The van der Waals surface area contributed by atoms with Crippen molar-refractivity contribution < 1.29 is 4.90 Å². The summed E-state index contributed by atoms with van der Waals surface area (Å²) in [5, 5.41) is 5.83. The number of quaternary nitrogens is 1. The molecule has 3 aromatic rings. The van der Waals surface area contributed by atoms with Crippen molar-refractivity contribution in [3.63, 3.8) is 0 Å². The van der Waals surface area contributed by atoms with Gasteiger partial charge in [-0.25, -0.2) is 9.97 Å². The quantitative estimate of drug-likeness (QED) is 0.768. The molecule has 0 spiro atoms. The van der Waals surface area contributed by atoms with Crippen molar-refractivity contribution >= 4 is 27.4 Å². The third-order valence-corrected chi connectivity index (χ3v) is 5.96. The normalized spacial score (nSPS) is 21.0. The first-order valence-electron chi connectivity index (χ1n) is 8.62. The molecule has 1 aromatic carbocycles. The Morgan fingerprint density at radius 2 is 1.96 bits per heavy atom. The zero-order valence-corrected chi connectivity index (χ0v) is 14.8. The van der Waals surface area contributed by atoms with E-state index in [-0.39, 0.29) is 0 Å². The Hall–Kier alpha value is -1.98. The minimum Gasteiger partial charge on any atom is -0.366 e. The number of hydrogen-bond acceptors (Lipinski definition) is 4. The van der Waals surface area contributed by atoms with E-state index >= 15 is 0 Å². The largest absolute Gasteiger partial charge is 0.366 e. The van der Waals surface area contributed by atoms with Crippen molar-refractivity contribution in [2.24, 2.45) is 0 Å². The Labute approximate surface area is 146 Å². The van der Waals surface area contributed by atoms with Gasteiger partial charge < -0.3 is 10.2 Å². The number of fused-ring (bicyclic) bond motifs is 1. The maximum absolute atomic E-state index is 4.48. The monoisotopic (exact) mass is 339 g/mol. The second kappa shape index (κ2) is 6.87. The fraction of sp³-hybridized carbons (Fsp3) is 0.368. The Bertz CT molecular complexity index is 807. The van der Waals surface area contributed by atoms with E-state index in [0.29, 0.717) is 6.04 Å². The molecule has 3 heterocycles. The zero-order valence-electron chi connectivity index (χ0n) is 14.0. The van der Waals surface area contributed by atoms with Gasteiger partial charge in [-0.2, -0.15) is 0 Å². The summed E-state index contributed by atoms with van der Waals surface area (Å²) < 4.78 is 1.19. The molecule has 0 unspecified atom stereocenters. The van der Waals surface area contributed by atoms with Crippen LogP contribution in [0, 0.1) is 6.92 Å². The van der Waals surface area contributed by atoms with Crippen LogP contribution in [0.25, 0.3) is 10.2 Å². The highest BCUT2D eigenvalue weighted by molar-refractivity contribution is 7.18. The van der Waals surface area contributed by atoms with Crippen LogP contribution in [0.15, 0.2) is 42.0 Å². The predicted molar refractivity (Wildman–Crippen MR) is 99.6 cm³/mol. The van der Waals surface area contributed by atoms with Crippen LogP contribution < -0.4 is 10.2 Å². The van der Waals surface area contributed by atoms with Crippen LogP contribution >= 0.6 is 11.3 Å². The van der Waals surface area contributed by atoms with E-state index in [2.05, 4.69) is 57.9 Å². The summed E-state index contributed by atoms with van der Waals surface area (Å²) in [5.74, 6) is 1.01. The molecule has 0 saturated carbocycles. The highest BCUT2D eigenvalue weighted by atomic mass is 32.1. The van der Waals surface area contributed by atoms with Gasteiger partial charge >= 0.3 is 0 Å². The summed E-state index contributed by atoms with van der Waals surface area (Å²) in [4.78, 5) is 10.6. The zero-order chi connectivity index (χ0) is 16.4. The van der Waals surface area contributed by atoms with Crippen molar-refractivity contribution in [1.29, 1.82) is 0 Å². The number of nitrogens with one attached hydrogen (secondary N) is 2. The van der Waals surface area contributed by atoms with Gasteiger partial charge in [-0.05, 0) is 17.9 Å². The molecular weight excluding hydrogens is 316 g/mol. The number of piperidine rings is 1. The molecule has 0 amide bonds. The third-order valence-electron chi connectivity index (χ3n) is 4.86. The fourth-order valence-electron chi connectivity index (χ4n) is 3.50. The summed E-state index contributed by atoms with van der Waals surface area (Å²) in [7, 11) is 0. The van der Waals surface area contributed by atoms with Gasteiger partial charge in [0.15, 0.2) is 0 Å². The average molecular weight is 339 g/mol. The molecule has 2 N–H and O–H groups in total. The molecule has 1 saturated heterocycles. The van der Waals surface area contributed by atoms with Crippen LogP contribution in [-0.4, -0.2) is 29.1 Å². The Kier molecular flexibility index (Phi) is 4.45. The molecule has 124 valence electrons. The smallest absolute Gasteiger partial charge is 0.147 e. The van der Waals surface area contributed by atoms with Gasteiger partial charge in [-0.3, -0.25) is 0 Å². The van der Waals surface area contributed by atoms with Crippen molar-refractivity contribution in [2.45, 2.75) is 32.4 Å². The lowest BCUT2D eigenvalue weighted by atomic mass is 10.0. The van der Waals surface area contributed by atoms with E-state index in [1.807, 2.05) is 0 Å². The number of rotatable bonds is 4. The first kappa shape index (κ1) is 15.5. The first-order valence-corrected chi connectivity index (χ1v) is 9.50. The lowest BCUT2D eigenvalue weighted by molar-refractivity contribution is -0.918. The van der Waals surface area contributed by atoms with Gasteiger partial charge in [-0.15, -0.1) is 11.3 Å². The average Bonchev–Trinajstić information content (AvgIpc) is 3.00. The van der Waals surface area contributed by atoms with Gasteiger partial charge in [0.05, 0.1) is 23.3 Å². The van der Waals surface area contributed by atoms with Gasteiger partial charge in [0.1, 0.15) is 18.7 Å². The standard InChI is InChI=1S/C19H22N4S/c1-14-12-24-18-17(14)20-13-21-19(18)22-16-7-9-23(10-8-16)11-15-5-3-2-4-6-15/h2-6,12-13,16H,7-11H2,1H3,(H,20,21,22)/p+1. The van der Waals surface area contributed by atoms with Crippen molar-refractivity contribution in [2.75, 3.05) is 18.4 Å². The van der Waals surface area contributed by atoms with Crippen LogP contribution in [-0.2, 0) is 6.54 Å². The molecule has 0 bridgehead atoms. The molecule has 4 nitrogen and oxygen atoms in total. The molecule has 24 heavy (non-hydrogen) atoms. The van der Waals surface area contributed by atoms with Crippen molar-refractivity contribution in [3.05, 3.63) is 53.2 Å². The molecule has 1 aliphatic rings. The summed E-state index contributed by atoms with van der Waals surface area (Å²) in [6, 6.07) is 11.3. The molecular formula is C19H23N4S+. The molecule has 0 radical (unpaired) electrons. The number of hydrogen-bond donors (Lipinski definition) is 2. The van der Waals surface area contributed by atoms with Gasteiger partial charge in [0, 0.05) is 24.4 Å². The highest BCUT2D eigenvalue weighted by Crippen LogP contribution is 2.29. The number of benzene rings is 1. The number of aromatic nitrogens is 2. The van der Waals surface area contributed by atoms with E-state index in [1.54, 1.807) is 22.6 Å². The molecule has 0 aliphatic carbocycles. The second-order valence-electron chi connectivity index (χ2n) is 6.65. The van der Waals surface area contributed by atoms with E-state index in [1.165, 1.54) is 41.8 Å². The maximum Gasteiger partial charge on any atom is 0.147 e. The van der Waals surface area contributed by atoms with Gasteiger partial charge in [0.2, 0.25) is 0 Å². The molecule has 1 aliphatic heterocycles. The maximum atomic E-state index is 4.48. The van der Waals surface area contributed by atoms with Crippen LogP contribution in [0.2, 0.25) is 0 Å². The highest BCUT2D eigenvalue weighted by Gasteiger charge is 2.23. The first-order chi connectivity index (χ1) is 11.8.